The van der Waals surface area contributed by atoms with Crippen LogP contribution in [0.4, 0.5) is 11.5 Å². The van der Waals surface area contributed by atoms with Crippen molar-refractivity contribution in [1.82, 2.24) is 14.5 Å². The third kappa shape index (κ3) is 3.25. The predicted molar refractivity (Wildman–Crippen MR) is 100 cm³/mol. The largest absolute Gasteiger partial charge is 0.339 e. The molecule has 3 rings (SSSR count). The maximum Gasteiger partial charge on any atom is 0.149 e. The van der Waals surface area contributed by atoms with Crippen molar-refractivity contribution in [3.8, 4) is 11.4 Å². The molecule has 0 aliphatic heterocycles. The van der Waals surface area contributed by atoms with E-state index in [1.165, 1.54) is 0 Å². The van der Waals surface area contributed by atoms with E-state index in [-0.39, 0.29) is 0 Å². The van der Waals surface area contributed by atoms with Crippen molar-refractivity contribution in [1.29, 1.82) is 0 Å². The van der Waals surface area contributed by atoms with E-state index in [4.69, 9.17) is 23.2 Å². The zero-order valence-corrected chi connectivity index (χ0v) is 15.3. The Bertz CT molecular complexity index is 869. The number of nitrogens with zero attached hydrogens (tertiary/aromatic N) is 3. The van der Waals surface area contributed by atoms with Crippen LogP contribution in [-0.4, -0.2) is 14.5 Å². The molecular formula is C18H18Cl2N4. The Labute approximate surface area is 151 Å². The first kappa shape index (κ1) is 16.8. The first-order chi connectivity index (χ1) is 11.5. The highest BCUT2D eigenvalue weighted by atomic mass is 35.5. The molecule has 1 aromatic carbocycles. The lowest BCUT2D eigenvalue weighted by atomic mass is 10.2. The molecule has 0 radical (unpaired) electrons. The Hall–Kier alpha value is -2.04. The number of aromatic nitrogens is 3. The Morgan fingerprint density at radius 1 is 1.12 bits per heavy atom. The van der Waals surface area contributed by atoms with Crippen LogP contribution in [0.2, 0.25) is 10.0 Å². The lowest BCUT2D eigenvalue weighted by Crippen LogP contribution is -2.01. The summed E-state index contributed by atoms with van der Waals surface area (Å²) >= 11 is 12.3. The van der Waals surface area contributed by atoms with E-state index in [9.17, 15) is 0 Å². The van der Waals surface area contributed by atoms with Gasteiger partial charge < -0.3 is 9.88 Å². The smallest absolute Gasteiger partial charge is 0.149 e. The number of nitrogens with one attached hydrogen (secondary N) is 1. The van der Waals surface area contributed by atoms with Crippen LogP contribution in [0.25, 0.3) is 11.4 Å². The quantitative estimate of drug-likeness (QED) is 0.655. The second kappa shape index (κ2) is 6.83. The Morgan fingerprint density at radius 2 is 1.83 bits per heavy atom. The minimum atomic E-state index is 0.545. The van der Waals surface area contributed by atoms with Crippen molar-refractivity contribution >= 4 is 34.7 Å². The van der Waals surface area contributed by atoms with Gasteiger partial charge in [-0.15, -0.1) is 0 Å². The number of aryl methyl sites for hydroxylation is 1. The van der Waals surface area contributed by atoms with Crippen LogP contribution in [0.15, 0.2) is 36.5 Å². The lowest BCUT2D eigenvalue weighted by Gasteiger charge is -2.10. The van der Waals surface area contributed by atoms with Gasteiger partial charge in [0, 0.05) is 34.7 Å². The van der Waals surface area contributed by atoms with Gasteiger partial charge in [0.25, 0.3) is 0 Å². The van der Waals surface area contributed by atoms with E-state index in [0.29, 0.717) is 15.9 Å². The van der Waals surface area contributed by atoms with Crippen LogP contribution in [0.3, 0.4) is 0 Å². The SMILES string of the molecule is CCn1c(-c2cnc(Nc3ccc(Cl)cc3)c(Cl)c2)nc(C)c1C. The Kier molecular flexibility index (Phi) is 4.78. The van der Waals surface area contributed by atoms with Crippen molar-refractivity contribution < 1.29 is 0 Å². The maximum absolute atomic E-state index is 6.41. The van der Waals surface area contributed by atoms with Crippen LogP contribution in [0.1, 0.15) is 18.3 Å². The van der Waals surface area contributed by atoms with Gasteiger partial charge in [-0.3, -0.25) is 0 Å². The molecule has 1 N–H and O–H groups in total. The molecule has 0 saturated carbocycles. The van der Waals surface area contributed by atoms with Crippen molar-refractivity contribution in [2.24, 2.45) is 0 Å². The fourth-order valence-corrected chi connectivity index (χ4v) is 2.92. The number of hydrogen-bond donors (Lipinski definition) is 1. The highest BCUT2D eigenvalue weighted by Crippen LogP contribution is 2.29. The maximum atomic E-state index is 6.41. The van der Waals surface area contributed by atoms with Crippen molar-refractivity contribution in [2.75, 3.05) is 5.32 Å². The molecule has 2 heterocycles. The Balaban J connectivity index is 1.93. The van der Waals surface area contributed by atoms with Crippen LogP contribution in [0, 0.1) is 13.8 Å². The van der Waals surface area contributed by atoms with Gasteiger partial charge in [-0.1, -0.05) is 23.2 Å². The molecule has 0 bridgehead atoms. The first-order valence-electron chi connectivity index (χ1n) is 7.71. The summed E-state index contributed by atoms with van der Waals surface area (Å²) in [5.74, 6) is 1.49. The normalized spacial score (nSPS) is 10.9. The van der Waals surface area contributed by atoms with Gasteiger partial charge in [-0.25, -0.2) is 9.97 Å². The van der Waals surface area contributed by atoms with Crippen molar-refractivity contribution in [3.63, 3.8) is 0 Å². The van der Waals surface area contributed by atoms with Crippen molar-refractivity contribution in [3.05, 3.63) is 58.0 Å². The summed E-state index contributed by atoms with van der Waals surface area (Å²) in [4.78, 5) is 9.10. The minimum Gasteiger partial charge on any atom is -0.339 e. The molecular weight excluding hydrogens is 343 g/mol. The number of imidazole rings is 1. The molecule has 0 spiro atoms. The monoisotopic (exact) mass is 360 g/mol. The zero-order valence-electron chi connectivity index (χ0n) is 13.8. The molecule has 0 amide bonds. The number of halogens is 2. The molecule has 24 heavy (non-hydrogen) atoms. The van der Waals surface area contributed by atoms with Crippen LogP contribution in [-0.2, 0) is 6.54 Å². The summed E-state index contributed by atoms with van der Waals surface area (Å²) in [5.41, 5.74) is 3.96. The summed E-state index contributed by atoms with van der Waals surface area (Å²) in [6, 6.07) is 9.28. The summed E-state index contributed by atoms with van der Waals surface area (Å²) in [6.07, 6.45) is 1.79. The molecule has 124 valence electrons. The van der Waals surface area contributed by atoms with E-state index < -0.39 is 0 Å². The molecule has 6 heteroatoms. The van der Waals surface area contributed by atoms with Gasteiger partial charge in [0.15, 0.2) is 0 Å². The summed E-state index contributed by atoms with van der Waals surface area (Å²) in [5, 5.41) is 4.43. The molecule has 0 unspecified atom stereocenters. The second-order valence-corrected chi connectivity index (χ2v) is 6.38. The van der Waals surface area contributed by atoms with Crippen LogP contribution in [0.5, 0.6) is 0 Å². The molecule has 3 aromatic rings. The minimum absolute atomic E-state index is 0.545. The molecule has 0 aliphatic carbocycles. The van der Waals surface area contributed by atoms with Gasteiger partial charge >= 0.3 is 0 Å². The molecule has 2 aromatic heterocycles. The first-order valence-corrected chi connectivity index (χ1v) is 8.47. The van der Waals surface area contributed by atoms with Crippen LogP contribution < -0.4 is 5.32 Å². The number of pyridine rings is 1. The van der Waals surface area contributed by atoms with E-state index in [2.05, 4.69) is 33.7 Å². The third-order valence-electron chi connectivity index (χ3n) is 3.98. The number of rotatable bonds is 4. The second-order valence-electron chi connectivity index (χ2n) is 5.54. The molecule has 0 fully saturated rings. The van der Waals surface area contributed by atoms with E-state index in [0.717, 1.165) is 35.0 Å². The van der Waals surface area contributed by atoms with Crippen molar-refractivity contribution in [2.45, 2.75) is 27.3 Å². The summed E-state index contributed by atoms with van der Waals surface area (Å²) < 4.78 is 2.16. The highest BCUT2D eigenvalue weighted by Gasteiger charge is 2.14. The molecule has 0 saturated heterocycles. The number of benzene rings is 1. The van der Waals surface area contributed by atoms with Gasteiger partial charge in [-0.2, -0.15) is 0 Å². The standard InChI is InChI=1S/C18H18Cl2N4/c1-4-24-12(3)11(2)22-18(24)13-9-16(20)17(21-10-13)23-15-7-5-14(19)6-8-15/h5-10H,4H2,1-3H3,(H,21,23). The summed E-state index contributed by atoms with van der Waals surface area (Å²) in [6.45, 7) is 7.03. The number of hydrogen-bond acceptors (Lipinski definition) is 3. The molecule has 0 aliphatic rings. The summed E-state index contributed by atoms with van der Waals surface area (Å²) in [7, 11) is 0. The fourth-order valence-electron chi connectivity index (χ4n) is 2.58. The van der Waals surface area contributed by atoms with Gasteiger partial charge in [0.1, 0.15) is 11.6 Å². The zero-order chi connectivity index (χ0) is 17.3. The highest BCUT2D eigenvalue weighted by molar-refractivity contribution is 6.33. The topological polar surface area (TPSA) is 42.7 Å². The van der Waals surface area contributed by atoms with E-state index in [1.54, 1.807) is 6.20 Å². The molecule has 4 nitrogen and oxygen atoms in total. The lowest BCUT2D eigenvalue weighted by molar-refractivity contribution is 0.744. The van der Waals surface area contributed by atoms with Gasteiger partial charge in [-0.05, 0) is 51.1 Å². The average molecular weight is 361 g/mol. The van der Waals surface area contributed by atoms with E-state index in [1.807, 2.05) is 37.3 Å². The van der Waals surface area contributed by atoms with E-state index >= 15 is 0 Å². The molecule has 0 atom stereocenters. The predicted octanol–water partition coefficient (Wildman–Crippen LogP) is 5.63. The third-order valence-corrected chi connectivity index (χ3v) is 4.52. The Morgan fingerprint density at radius 3 is 2.46 bits per heavy atom. The average Bonchev–Trinajstić information content (AvgIpc) is 2.86. The van der Waals surface area contributed by atoms with Gasteiger partial charge in [0.05, 0.1) is 10.7 Å². The fraction of sp³-hybridized carbons (Fsp3) is 0.222. The van der Waals surface area contributed by atoms with Crippen LogP contribution >= 0.6 is 23.2 Å². The van der Waals surface area contributed by atoms with Gasteiger partial charge in [0.2, 0.25) is 0 Å². The number of anilines is 2.